The van der Waals surface area contributed by atoms with Crippen LogP contribution in [0.3, 0.4) is 0 Å². The summed E-state index contributed by atoms with van der Waals surface area (Å²) in [6, 6.07) is 4.43. The van der Waals surface area contributed by atoms with Crippen molar-refractivity contribution in [3.05, 3.63) is 33.9 Å². The van der Waals surface area contributed by atoms with Crippen LogP contribution >= 0.6 is 6.72 Å². The van der Waals surface area contributed by atoms with Crippen molar-refractivity contribution >= 4 is 24.2 Å². The van der Waals surface area contributed by atoms with Gasteiger partial charge < -0.3 is 4.52 Å². The average Bonchev–Trinajstić information content (AvgIpc) is 2.26. The Kier molecular flexibility index (Phi) is 6.07. The van der Waals surface area contributed by atoms with Gasteiger partial charge in [-0.3, -0.25) is 19.2 Å². The summed E-state index contributed by atoms with van der Waals surface area (Å²) in [5, 5.41) is 10.8. The number of hydrogen-bond donors (Lipinski definition) is 0. The van der Waals surface area contributed by atoms with Crippen LogP contribution in [0.25, 0.3) is 0 Å². The summed E-state index contributed by atoms with van der Waals surface area (Å²) in [5.41, 5.74) is 0.530. The normalized spacial score (nSPS) is 14.1. The number of hydrogen-bond acceptors (Lipinski definition) is 6. The van der Waals surface area contributed by atoms with Crippen LogP contribution in [0.4, 0.5) is 5.69 Å². The molecule has 0 aliphatic carbocycles. The lowest BCUT2D eigenvalue weighted by atomic mass is 10.2. The fourth-order valence-electron chi connectivity index (χ4n) is 1.51. The largest absolute Gasteiger partial charge is 0.424 e. The van der Waals surface area contributed by atoms with Crippen LogP contribution < -0.4 is 4.52 Å². The minimum Gasteiger partial charge on any atom is -0.424 e. The second-order valence-corrected chi connectivity index (χ2v) is 7.20. The highest BCUT2D eigenvalue weighted by Gasteiger charge is 2.24. The van der Waals surface area contributed by atoms with Crippen molar-refractivity contribution < 1.29 is 18.5 Å². The maximum absolute atomic E-state index is 10.8. The molecule has 1 atom stereocenters. The Morgan fingerprint density at radius 1 is 1.45 bits per heavy atom. The molecule has 0 aliphatic rings. The minimum absolute atomic E-state index is 0.0341. The number of nitrogens with zero attached hydrogens (tertiary/aromatic N) is 1. The topological polar surface area (TPSA) is 70.8 Å². The predicted molar refractivity (Wildman–Crippen MR) is 80.6 cm³/mol. The average molecular weight is 319 g/mol. The molecule has 8 heteroatoms. The highest BCUT2D eigenvalue weighted by atomic mass is 32.5. The van der Waals surface area contributed by atoms with Crippen LogP contribution in [0.5, 0.6) is 5.75 Å². The minimum atomic E-state index is -2.89. The van der Waals surface area contributed by atoms with Gasteiger partial charge in [0.05, 0.1) is 17.6 Å². The molecule has 1 unspecified atom stereocenters. The molecule has 0 bridgehead atoms. The molecule has 1 aromatic rings. The second kappa shape index (κ2) is 7.13. The molecule has 6 nitrogen and oxygen atoms in total. The zero-order valence-corrected chi connectivity index (χ0v) is 13.6. The van der Waals surface area contributed by atoms with Gasteiger partial charge in [0.25, 0.3) is 5.69 Å². The summed E-state index contributed by atoms with van der Waals surface area (Å²) in [7, 11) is 0. The Morgan fingerprint density at radius 3 is 2.55 bits per heavy atom. The van der Waals surface area contributed by atoms with E-state index in [9.17, 15) is 10.1 Å². The predicted octanol–water partition coefficient (Wildman–Crippen LogP) is 3.97. The van der Waals surface area contributed by atoms with Gasteiger partial charge >= 0.3 is 6.72 Å². The number of benzene rings is 1. The van der Waals surface area contributed by atoms with E-state index in [1.807, 2.05) is 13.8 Å². The molecule has 0 fully saturated rings. The zero-order chi connectivity index (χ0) is 15.3. The molecule has 0 heterocycles. The van der Waals surface area contributed by atoms with Crippen LogP contribution in [-0.2, 0) is 20.9 Å². The van der Waals surface area contributed by atoms with Gasteiger partial charge in [0.15, 0.2) is 0 Å². The van der Waals surface area contributed by atoms with Crippen molar-refractivity contribution in [2.24, 2.45) is 0 Å². The summed E-state index contributed by atoms with van der Waals surface area (Å²) >= 11 is 5.30. The first-order valence-corrected chi connectivity index (χ1v) is 8.70. The van der Waals surface area contributed by atoms with Crippen molar-refractivity contribution in [2.45, 2.75) is 33.8 Å². The molecule has 0 N–H and O–H groups in total. The SMILES string of the molecule is CCOP(=S)(Oc1ccc([N+](=O)[O-])c(C)c1)OC(C)C. The van der Waals surface area contributed by atoms with Crippen LogP contribution in [0.2, 0.25) is 0 Å². The van der Waals surface area contributed by atoms with E-state index >= 15 is 0 Å². The maximum Gasteiger partial charge on any atom is 0.380 e. The van der Waals surface area contributed by atoms with Crippen LogP contribution in [0, 0.1) is 17.0 Å². The van der Waals surface area contributed by atoms with Crippen molar-refractivity contribution in [1.29, 1.82) is 0 Å². The molecule has 0 saturated carbocycles. The van der Waals surface area contributed by atoms with Crippen molar-refractivity contribution in [3.8, 4) is 5.75 Å². The third-order valence-electron chi connectivity index (χ3n) is 2.21. The van der Waals surface area contributed by atoms with Gasteiger partial charge in [-0.2, -0.15) is 0 Å². The highest BCUT2D eigenvalue weighted by molar-refractivity contribution is 8.07. The Balaban J connectivity index is 2.97. The van der Waals surface area contributed by atoms with Crippen LogP contribution in [-0.4, -0.2) is 17.6 Å². The molecule has 0 amide bonds. The highest BCUT2D eigenvalue weighted by Crippen LogP contribution is 2.51. The van der Waals surface area contributed by atoms with E-state index in [-0.39, 0.29) is 11.8 Å². The van der Waals surface area contributed by atoms with Gasteiger partial charge in [-0.05, 0) is 39.8 Å². The van der Waals surface area contributed by atoms with E-state index in [1.165, 1.54) is 12.1 Å². The van der Waals surface area contributed by atoms with Gasteiger partial charge in [-0.15, -0.1) is 0 Å². The van der Waals surface area contributed by atoms with Crippen LogP contribution in [0.1, 0.15) is 26.3 Å². The molecular weight excluding hydrogens is 301 g/mol. The van der Waals surface area contributed by atoms with E-state index in [1.54, 1.807) is 19.9 Å². The molecule has 0 aromatic heterocycles. The fraction of sp³-hybridized carbons (Fsp3) is 0.500. The van der Waals surface area contributed by atoms with Gasteiger partial charge in [0, 0.05) is 23.4 Å². The lowest BCUT2D eigenvalue weighted by Gasteiger charge is -2.23. The number of nitro benzene ring substituents is 1. The zero-order valence-electron chi connectivity index (χ0n) is 11.9. The first kappa shape index (κ1) is 17.0. The molecule has 112 valence electrons. The lowest BCUT2D eigenvalue weighted by molar-refractivity contribution is -0.385. The van der Waals surface area contributed by atoms with Gasteiger partial charge in [-0.1, -0.05) is 0 Å². The molecule has 20 heavy (non-hydrogen) atoms. The summed E-state index contributed by atoms with van der Waals surface area (Å²) in [6.45, 7) is 4.59. The number of aryl methyl sites for hydroxylation is 1. The maximum atomic E-state index is 10.8. The van der Waals surface area contributed by atoms with E-state index < -0.39 is 11.6 Å². The number of rotatable bonds is 7. The summed E-state index contributed by atoms with van der Waals surface area (Å²) < 4.78 is 16.6. The van der Waals surface area contributed by atoms with Crippen LogP contribution in [0.15, 0.2) is 18.2 Å². The van der Waals surface area contributed by atoms with Crippen molar-refractivity contribution in [2.75, 3.05) is 6.61 Å². The first-order valence-electron chi connectivity index (χ1n) is 6.15. The molecule has 1 aromatic carbocycles. The second-order valence-electron chi connectivity index (χ2n) is 4.32. The third kappa shape index (κ3) is 4.83. The Bertz CT molecular complexity index is 535. The molecule has 0 aliphatic heterocycles. The first-order chi connectivity index (χ1) is 9.27. The van der Waals surface area contributed by atoms with Gasteiger partial charge in [-0.25, -0.2) is 0 Å². The van der Waals surface area contributed by atoms with E-state index in [2.05, 4.69) is 0 Å². The van der Waals surface area contributed by atoms with E-state index in [4.69, 9.17) is 25.4 Å². The standard InChI is InChI=1S/C12H18NO5PS/c1-5-16-19(20,17-9(2)3)18-11-6-7-12(13(14)15)10(4)8-11/h6-9H,5H2,1-4H3. The summed E-state index contributed by atoms with van der Waals surface area (Å²) in [5.74, 6) is 0.408. The van der Waals surface area contributed by atoms with Gasteiger partial charge in [0.2, 0.25) is 0 Å². The molecule has 0 spiro atoms. The third-order valence-corrected chi connectivity index (χ3v) is 4.70. The fourth-order valence-corrected chi connectivity index (χ4v) is 3.97. The molecule has 1 rings (SSSR count). The van der Waals surface area contributed by atoms with E-state index in [0.717, 1.165) is 0 Å². The molecular formula is C12H18NO5PS. The Morgan fingerprint density at radius 2 is 2.10 bits per heavy atom. The monoisotopic (exact) mass is 319 g/mol. The quantitative estimate of drug-likeness (QED) is 0.430. The summed E-state index contributed by atoms with van der Waals surface area (Å²) in [4.78, 5) is 10.3. The number of nitro groups is 1. The Labute approximate surface area is 123 Å². The van der Waals surface area contributed by atoms with Crippen molar-refractivity contribution in [3.63, 3.8) is 0 Å². The lowest BCUT2D eigenvalue weighted by Crippen LogP contribution is -2.07. The van der Waals surface area contributed by atoms with E-state index in [0.29, 0.717) is 17.9 Å². The molecule has 0 radical (unpaired) electrons. The van der Waals surface area contributed by atoms with Gasteiger partial charge in [0.1, 0.15) is 5.75 Å². The van der Waals surface area contributed by atoms with Crippen molar-refractivity contribution in [1.82, 2.24) is 0 Å². The molecule has 0 saturated heterocycles. The summed E-state index contributed by atoms with van der Waals surface area (Å²) in [6.07, 6.45) is -0.133. The smallest absolute Gasteiger partial charge is 0.380 e. The Hall–Kier alpha value is -1.01.